The van der Waals surface area contributed by atoms with Crippen molar-refractivity contribution in [3.63, 3.8) is 0 Å². The van der Waals surface area contributed by atoms with Crippen molar-refractivity contribution < 1.29 is 23.9 Å². The molecule has 0 aliphatic rings. The van der Waals surface area contributed by atoms with E-state index in [0.717, 1.165) is 0 Å². The van der Waals surface area contributed by atoms with Crippen LogP contribution in [0.4, 0.5) is 5.69 Å². The Morgan fingerprint density at radius 3 is 2.17 bits per heavy atom. The number of nitrogens with one attached hydrogen (secondary N) is 1. The lowest BCUT2D eigenvalue weighted by Crippen LogP contribution is -2.22. The van der Waals surface area contributed by atoms with Crippen molar-refractivity contribution in [2.24, 2.45) is 5.41 Å². The fraction of sp³-hybridized carbons (Fsp3) is 0.389. The number of hydrogen-bond acceptors (Lipinski definition) is 6. The summed E-state index contributed by atoms with van der Waals surface area (Å²) in [4.78, 5) is 35.6. The van der Waals surface area contributed by atoms with Gasteiger partial charge in [0.05, 0.1) is 19.3 Å². The predicted octanol–water partition coefficient (Wildman–Crippen LogP) is 2.95. The Kier molecular flexibility index (Phi) is 6.70. The number of rotatable bonds is 6. The summed E-state index contributed by atoms with van der Waals surface area (Å²) in [6.07, 6.45) is 1.23. The first-order valence-electron chi connectivity index (χ1n) is 7.57. The molecule has 0 fully saturated rings. The second kappa shape index (κ2) is 8.29. The fourth-order valence-corrected chi connectivity index (χ4v) is 1.66. The van der Waals surface area contributed by atoms with Gasteiger partial charge in [-0.1, -0.05) is 20.8 Å². The normalized spacial score (nSPS) is 11.6. The summed E-state index contributed by atoms with van der Waals surface area (Å²) in [6.45, 7) is 7.30. The van der Waals surface area contributed by atoms with E-state index in [1.165, 1.54) is 13.2 Å². The van der Waals surface area contributed by atoms with E-state index in [1.54, 1.807) is 52.0 Å². The highest BCUT2D eigenvalue weighted by Gasteiger charge is 2.22. The van der Waals surface area contributed by atoms with Gasteiger partial charge in [0.2, 0.25) is 0 Å². The highest BCUT2D eigenvalue weighted by molar-refractivity contribution is 6.03. The summed E-state index contributed by atoms with van der Waals surface area (Å²) in [5, 5.41) is 2.84. The molecule has 0 radical (unpaired) electrons. The number of ketones is 1. The molecule has 0 spiro atoms. The molecule has 130 valence electrons. The van der Waals surface area contributed by atoms with Crippen molar-refractivity contribution in [1.29, 1.82) is 0 Å². The van der Waals surface area contributed by atoms with Gasteiger partial charge in [0.25, 0.3) is 0 Å². The van der Waals surface area contributed by atoms with Gasteiger partial charge in [0, 0.05) is 17.2 Å². The Bertz CT molecular complexity index is 638. The molecule has 24 heavy (non-hydrogen) atoms. The van der Waals surface area contributed by atoms with E-state index in [4.69, 9.17) is 9.47 Å². The van der Waals surface area contributed by atoms with Gasteiger partial charge in [-0.2, -0.15) is 0 Å². The topological polar surface area (TPSA) is 81.7 Å². The summed E-state index contributed by atoms with van der Waals surface area (Å²) in [7, 11) is 1.24. The van der Waals surface area contributed by atoms with Gasteiger partial charge in [0.15, 0.2) is 5.78 Å². The van der Waals surface area contributed by atoms with Crippen molar-refractivity contribution in [1.82, 2.24) is 0 Å². The molecule has 1 rings (SSSR count). The largest absolute Gasteiger partial charge is 0.464 e. The molecule has 0 amide bonds. The average Bonchev–Trinajstić information content (AvgIpc) is 2.53. The maximum Gasteiger partial charge on any atom is 0.354 e. The quantitative estimate of drug-likeness (QED) is 0.637. The van der Waals surface area contributed by atoms with Crippen LogP contribution in [0.2, 0.25) is 0 Å². The van der Waals surface area contributed by atoms with E-state index in [0.29, 0.717) is 17.9 Å². The molecular formula is C18H23NO5. The molecule has 6 nitrogen and oxygen atoms in total. The van der Waals surface area contributed by atoms with Crippen LogP contribution in [0.1, 0.15) is 38.1 Å². The lowest BCUT2D eigenvalue weighted by atomic mass is 9.90. The summed E-state index contributed by atoms with van der Waals surface area (Å²) in [5.41, 5.74) is 0.355. The van der Waals surface area contributed by atoms with Gasteiger partial charge < -0.3 is 14.8 Å². The highest BCUT2D eigenvalue weighted by Crippen LogP contribution is 2.18. The molecule has 0 aliphatic carbocycles. The number of carbonyl (C=O) groups is 3. The van der Waals surface area contributed by atoms with Crippen LogP contribution in [0.15, 0.2) is 36.0 Å². The zero-order valence-corrected chi connectivity index (χ0v) is 14.6. The Labute approximate surface area is 141 Å². The molecule has 0 atom stereocenters. The average molecular weight is 333 g/mol. The predicted molar refractivity (Wildman–Crippen MR) is 90.6 cm³/mol. The SMILES string of the molecule is CCOC(=O)c1ccc(NC(=CC(=O)C(C)(C)C)C(=O)OC)cc1. The van der Waals surface area contributed by atoms with Crippen LogP contribution < -0.4 is 5.32 Å². The van der Waals surface area contributed by atoms with Crippen molar-refractivity contribution in [3.05, 3.63) is 41.6 Å². The molecule has 0 aliphatic heterocycles. The van der Waals surface area contributed by atoms with Crippen LogP contribution in [-0.4, -0.2) is 31.4 Å². The van der Waals surface area contributed by atoms with E-state index in [9.17, 15) is 14.4 Å². The van der Waals surface area contributed by atoms with Crippen LogP contribution >= 0.6 is 0 Å². The Balaban J connectivity index is 2.99. The first-order chi connectivity index (χ1) is 11.2. The number of ether oxygens (including phenoxy) is 2. The van der Waals surface area contributed by atoms with Crippen molar-refractivity contribution in [3.8, 4) is 0 Å². The second-order valence-electron chi connectivity index (χ2n) is 6.09. The van der Waals surface area contributed by atoms with Crippen LogP contribution in [0, 0.1) is 5.41 Å². The zero-order chi connectivity index (χ0) is 18.3. The van der Waals surface area contributed by atoms with Gasteiger partial charge in [0.1, 0.15) is 5.70 Å². The standard InChI is InChI=1S/C18H23NO5/c1-6-24-16(21)12-7-9-13(10-8-12)19-14(17(22)23-5)11-15(20)18(2,3)4/h7-11,19H,6H2,1-5H3. The van der Waals surface area contributed by atoms with Gasteiger partial charge in [-0.3, -0.25) is 4.79 Å². The van der Waals surface area contributed by atoms with Crippen molar-refractivity contribution in [2.75, 3.05) is 19.0 Å². The smallest absolute Gasteiger partial charge is 0.354 e. The minimum atomic E-state index is -0.651. The van der Waals surface area contributed by atoms with Crippen molar-refractivity contribution >= 4 is 23.4 Å². The highest BCUT2D eigenvalue weighted by atomic mass is 16.5. The van der Waals surface area contributed by atoms with E-state index in [1.807, 2.05) is 0 Å². The molecule has 0 unspecified atom stereocenters. The number of anilines is 1. The number of carbonyl (C=O) groups excluding carboxylic acids is 3. The number of esters is 2. The second-order valence-corrected chi connectivity index (χ2v) is 6.09. The minimum absolute atomic E-state index is 0.0290. The molecule has 1 aromatic rings. The van der Waals surface area contributed by atoms with Crippen LogP contribution in [0.3, 0.4) is 0 Å². The first-order valence-corrected chi connectivity index (χ1v) is 7.57. The lowest BCUT2D eigenvalue weighted by Gasteiger charge is -2.15. The lowest BCUT2D eigenvalue weighted by molar-refractivity contribution is -0.136. The molecule has 1 N–H and O–H groups in total. The summed E-state index contributed by atoms with van der Waals surface area (Å²) < 4.78 is 9.60. The van der Waals surface area contributed by atoms with Gasteiger partial charge >= 0.3 is 11.9 Å². The zero-order valence-electron chi connectivity index (χ0n) is 14.6. The van der Waals surface area contributed by atoms with Gasteiger partial charge in [-0.15, -0.1) is 0 Å². The van der Waals surface area contributed by atoms with Crippen LogP contribution in [-0.2, 0) is 19.1 Å². The third-order valence-corrected chi connectivity index (χ3v) is 3.09. The number of benzene rings is 1. The molecular weight excluding hydrogens is 310 g/mol. The summed E-state index contributed by atoms with van der Waals surface area (Å²) >= 11 is 0. The maximum absolute atomic E-state index is 12.1. The van der Waals surface area contributed by atoms with Crippen LogP contribution in [0.25, 0.3) is 0 Å². The number of hydrogen-bond donors (Lipinski definition) is 1. The number of allylic oxidation sites excluding steroid dienone is 1. The van der Waals surface area contributed by atoms with E-state index >= 15 is 0 Å². The Morgan fingerprint density at radius 2 is 1.71 bits per heavy atom. The minimum Gasteiger partial charge on any atom is -0.464 e. The van der Waals surface area contributed by atoms with Gasteiger partial charge in [-0.05, 0) is 31.2 Å². The third kappa shape index (κ3) is 5.53. The van der Waals surface area contributed by atoms with E-state index in [-0.39, 0.29) is 11.5 Å². The fourth-order valence-electron chi connectivity index (χ4n) is 1.66. The van der Waals surface area contributed by atoms with E-state index in [2.05, 4.69) is 5.32 Å². The van der Waals surface area contributed by atoms with Crippen molar-refractivity contribution in [2.45, 2.75) is 27.7 Å². The molecule has 0 bridgehead atoms. The molecule has 1 aromatic carbocycles. The summed E-state index contributed by atoms with van der Waals surface area (Å²) in [5.74, 6) is -1.28. The maximum atomic E-state index is 12.1. The Hall–Kier alpha value is -2.63. The first kappa shape index (κ1) is 19.4. The molecule has 0 saturated heterocycles. The molecule has 6 heteroatoms. The summed E-state index contributed by atoms with van der Waals surface area (Å²) in [6, 6.07) is 6.37. The molecule has 0 heterocycles. The Morgan fingerprint density at radius 1 is 1.12 bits per heavy atom. The molecule has 0 aromatic heterocycles. The number of methoxy groups -OCH3 is 1. The third-order valence-electron chi connectivity index (χ3n) is 3.09. The van der Waals surface area contributed by atoms with E-state index < -0.39 is 17.4 Å². The van der Waals surface area contributed by atoms with Gasteiger partial charge in [-0.25, -0.2) is 9.59 Å². The van der Waals surface area contributed by atoms with Crippen LogP contribution in [0.5, 0.6) is 0 Å². The molecule has 0 saturated carbocycles. The monoisotopic (exact) mass is 333 g/mol.